The molecule has 0 aliphatic carbocycles. The molecule has 0 aliphatic rings. The molecular weight excluding hydrogens is 276 g/mol. The second kappa shape index (κ2) is 6.99. The molecule has 2 rings (SSSR count). The molecule has 0 spiro atoms. The number of aliphatic hydroxyl groups excluding tert-OH is 1. The maximum atomic E-state index is 10.0. The summed E-state index contributed by atoms with van der Waals surface area (Å²) in [6.45, 7) is 1.99. The lowest BCUT2D eigenvalue weighted by Crippen LogP contribution is -1.97. The molecule has 2 aromatic rings. The van der Waals surface area contributed by atoms with Crippen LogP contribution >= 0.6 is 23.4 Å². The van der Waals surface area contributed by atoms with Gasteiger partial charge in [-0.2, -0.15) is 0 Å². The highest BCUT2D eigenvalue weighted by atomic mass is 35.5. The molecule has 1 N–H and O–H groups in total. The first-order chi connectivity index (χ1) is 9.20. The van der Waals surface area contributed by atoms with Crippen LogP contribution in [-0.2, 0) is 5.75 Å². The van der Waals surface area contributed by atoms with Gasteiger partial charge in [0.1, 0.15) is 0 Å². The number of hydrogen-bond donors (Lipinski definition) is 1. The standard InChI is InChI=1S/C16H17ClOS/c1-2-15(18)14-5-3-4-6-16(14)19-11-12-7-9-13(17)10-8-12/h3-10,15,18H,2,11H2,1H3/t15-/m0/s1. The average Bonchev–Trinajstić information content (AvgIpc) is 2.46. The molecule has 0 bridgehead atoms. The maximum absolute atomic E-state index is 10.0. The van der Waals surface area contributed by atoms with Crippen molar-refractivity contribution in [2.45, 2.75) is 30.1 Å². The topological polar surface area (TPSA) is 20.2 Å². The molecule has 1 atom stereocenters. The third-order valence-corrected chi connectivity index (χ3v) is 4.38. The van der Waals surface area contributed by atoms with Crippen molar-refractivity contribution in [1.29, 1.82) is 0 Å². The van der Waals surface area contributed by atoms with Crippen molar-refractivity contribution in [3.05, 3.63) is 64.7 Å². The Bertz CT molecular complexity index is 525. The minimum Gasteiger partial charge on any atom is -0.388 e. The van der Waals surface area contributed by atoms with Crippen LogP contribution in [0.15, 0.2) is 53.4 Å². The number of hydrogen-bond acceptors (Lipinski definition) is 2. The Labute approximate surface area is 123 Å². The molecule has 0 saturated carbocycles. The Morgan fingerprint density at radius 2 is 1.79 bits per heavy atom. The fraction of sp³-hybridized carbons (Fsp3) is 0.250. The van der Waals surface area contributed by atoms with Gasteiger partial charge in [-0.15, -0.1) is 11.8 Å². The largest absolute Gasteiger partial charge is 0.388 e. The van der Waals surface area contributed by atoms with Gasteiger partial charge in [-0.25, -0.2) is 0 Å². The van der Waals surface area contributed by atoms with Crippen molar-refractivity contribution >= 4 is 23.4 Å². The molecule has 0 heterocycles. The van der Waals surface area contributed by atoms with E-state index in [0.717, 1.165) is 27.7 Å². The van der Waals surface area contributed by atoms with Crippen molar-refractivity contribution in [1.82, 2.24) is 0 Å². The molecular formula is C16H17ClOS. The SMILES string of the molecule is CC[C@H](O)c1ccccc1SCc1ccc(Cl)cc1. The Hall–Kier alpha value is -0.960. The van der Waals surface area contributed by atoms with E-state index in [1.807, 2.05) is 49.4 Å². The molecule has 3 heteroatoms. The van der Waals surface area contributed by atoms with E-state index in [0.29, 0.717) is 0 Å². The predicted molar refractivity (Wildman–Crippen MR) is 82.7 cm³/mol. The summed E-state index contributed by atoms with van der Waals surface area (Å²) >= 11 is 7.62. The van der Waals surface area contributed by atoms with E-state index in [-0.39, 0.29) is 6.10 Å². The summed E-state index contributed by atoms with van der Waals surface area (Å²) in [6, 6.07) is 15.9. The molecule has 0 unspecified atom stereocenters. The molecule has 0 aliphatic heterocycles. The van der Waals surface area contributed by atoms with E-state index >= 15 is 0 Å². The van der Waals surface area contributed by atoms with E-state index < -0.39 is 0 Å². The summed E-state index contributed by atoms with van der Waals surface area (Å²) in [6.07, 6.45) is 0.354. The summed E-state index contributed by atoms with van der Waals surface area (Å²) < 4.78 is 0. The van der Waals surface area contributed by atoms with E-state index in [9.17, 15) is 5.11 Å². The molecule has 100 valence electrons. The normalized spacial score (nSPS) is 12.4. The summed E-state index contributed by atoms with van der Waals surface area (Å²) in [5.41, 5.74) is 2.25. The van der Waals surface area contributed by atoms with Crippen molar-refractivity contribution in [2.24, 2.45) is 0 Å². The fourth-order valence-electron chi connectivity index (χ4n) is 1.85. The third-order valence-electron chi connectivity index (χ3n) is 2.97. The lowest BCUT2D eigenvalue weighted by atomic mass is 10.1. The van der Waals surface area contributed by atoms with Crippen LogP contribution < -0.4 is 0 Å². The maximum Gasteiger partial charge on any atom is 0.0798 e. The first kappa shape index (κ1) is 14.4. The summed E-state index contributed by atoms with van der Waals surface area (Å²) in [5.74, 6) is 0.880. The third kappa shape index (κ3) is 4.00. The van der Waals surface area contributed by atoms with Gasteiger partial charge in [-0.05, 0) is 35.7 Å². The minimum atomic E-state index is -0.381. The van der Waals surface area contributed by atoms with Gasteiger partial charge < -0.3 is 5.11 Å². The molecule has 0 aromatic heterocycles. The quantitative estimate of drug-likeness (QED) is 0.776. The highest BCUT2D eigenvalue weighted by molar-refractivity contribution is 7.98. The van der Waals surface area contributed by atoms with Gasteiger partial charge in [0.15, 0.2) is 0 Å². The zero-order valence-electron chi connectivity index (χ0n) is 10.8. The van der Waals surface area contributed by atoms with Crippen molar-refractivity contribution in [3.8, 4) is 0 Å². The Balaban J connectivity index is 2.09. The molecule has 19 heavy (non-hydrogen) atoms. The van der Waals surface area contributed by atoms with Crippen LogP contribution in [0.5, 0.6) is 0 Å². The zero-order chi connectivity index (χ0) is 13.7. The molecule has 1 nitrogen and oxygen atoms in total. The average molecular weight is 293 g/mol. The van der Waals surface area contributed by atoms with Gasteiger partial charge in [-0.3, -0.25) is 0 Å². The van der Waals surface area contributed by atoms with Gasteiger partial charge in [-0.1, -0.05) is 48.9 Å². The molecule has 0 amide bonds. The van der Waals surface area contributed by atoms with Crippen LogP contribution in [0.25, 0.3) is 0 Å². The summed E-state index contributed by atoms with van der Waals surface area (Å²) in [4.78, 5) is 1.15. The van der Waals surface area contributed by atoms with Crippen LogP contribution in [0.3, 0.4) is 0 Å². The number of thioether (sulfide) groups is 1. The Morgan fingerprint density at radius 3 is 2.47 bits per heavy atom. The van der Waals surface area contributed by atoms with Crippen LogP contribution in [0.1, 0.15) is 30.6 Å². The second-order valence-corrected chi connectivity index (χ2v) is 5.83. The predicted octanol–water partition coefficient (Wildman–Crippen LogP) is 5.08. The van der Waals surface area contributed by atoms with E-state index in [4.69, 9.17) is 11.6 Å². The minimum absolute atomic E-state index is 0.381. The van der Waals surface area contributed by atoms with Gasteiger partial charge in [0.25, 0.3) is 0 Å². The van der Waals surface area contributed by atoms with Gasteiger partial charge in [0.2, 0.25) is 0 Å². The number of rotatable bonds is 5. The van der Waals surface area contributed by atoms with Gasteiger partial charge >= 0.3 is 0 Å². The molecule has 0 saturated heterocycles. The van der Waals surface area contributed by atoms with E-state index in [2.05, 4.69) is 6.07 Å². The second-order valence-electron chi connectivity index (χ2n) is 4.38. The number of benzene rings is 2. The van der Waals surface area contributed by atoms with Gasteiger partial charge in [0.05, 0.1) is 6.10 Å². The van der Waals surface area contributed by atoms with E-state index in [1.54, 1.807) is 11.8 Å². The lowest BCUT2D eigenvalue weighted by Gasteiger charge is -2.13. The molecule has 0 radical (unpaired) electrons. The smallest absolute Gasteiger partial charge is 0.0798 e. The summed E-state index contributed by atoms with van der Waals surface area (Å²) in [5, 5.41) is 10.8. The van der Waals surface area contributed by atoms with Gasteiger partial charge in [0, 0.05) is 15.7 Å². The first-order valence-electron chi connectivity index (χ1n) is 6.35. The fourth-order valence-corrected chi connectivity index (χ4v) is 3.04. The van der Waals surface area contributed by atoms with Crippen molar-refractivity contribution in [2.75, 3.05) is 0 Å². The van der Waals surface area contributed by atoms with Crippen molar-refractivity contribution < 1.29 is 5.11 Å². The molecule has 2 aromatic carbocycles. The van der Waals surface area contributed by atoms with Crippen LogP contribution in [0, 0.1) is 0 Å². The highest BCUT2D eigenvalue weighted by Gasteiger charge is 2.10. The monoisotopic (exact) mass is 292 g/mol. The van der Waals surface area contributed by atoms with E-state index in [1.165, 1.54) is 5.56 Å². The van der Waals surface area contributed by atoms with Crippen molar-refractivity contribution in [3.63, 3.8) is 0 Å². The number of aliphatic hydroxyl groups is 1. The zero-order valence-corrected chi connectivity index (χ0v) is 12.4. The Kier molecular flexibility index (Phi) is 5.32. The summed E-state index contributed by atoms with van der Waals surface area (Å²) in [7, 11) is 0. The first-order valence-corrected chi connectivity index (χ1v) is 7.71. The van der Waals surface area contributed by atoms with Crippen LogP contribution in [0.4, 0.5) is 0 Å². The highest BCUT2D eigenvalue weighted by Crippen LogP contribution is 2.31. The van der Waals surface area contributed by atoms with Crippen LogP contribution in [-0.4, -0.2) is 5.11 Å². The van der Waals surface area contributed by atoms with Crippen LogP contribution in [0.2, 0.25) is 5.02 Å². The number of halogens is 1. The Morgan fingerprint density at radius 1 is 1.11 bits per heavy atom. The lowest BCUT2D eigenvalue weighted by molar-refractivity contribution is 0.171. The molecule has 0 fully saturated rings.